The Kier molecular flexibility index (Phi) is 18.9. The van der Waals surface area contributed by atoms with E-state index in [-0.39, 0.29) is 59.6 Å². The van der Waals surface area contributed by atoms with E-state index < -0.39 is 29.5 Å². The van der Waals surface area contributed by atoms with Gasteiger partial charge in [-0.3, -0.25) is 14.4 Å². The molecule has 2 aliphatic rings. The summed E-state index contributed by atoms with van der Waals surface area (Å²) in [5.74, 6) is -0.840. The number of thiocarbonyl (C=S) groups is 1. The lowest BCUT2D eigenvalue weighted by Crippen LogP contribution is -2.61. The molecule has 56 heavy (non-hydrogen) atoms. The molecule has 12 heteroatoms. The fourth-order valence-corrected chi connectivity index (χ4v) is 9.46. The molecule has 1 saturated carbocycles. The average molecular weight is 801 g/mol. The molecule has 3 rings (SSSR count). The lowest BCUT2D eigenvalue weighted by atomic mass is 9.67. The van der Waals surface area contributed by atoms with Crippen LogP contribution in [0.3, 0.4) is 0 Å². The lowest BCUT2D eigenvalue weighted by molar-refractivity contribution is -0.147. The molecule has 3 amide bonds. The van der Waals surface area contributed by atoms with Gasteiger partial charge in [-0.1, -0.05) is 96.9 Å². The predicted molar refractivity (Wildman–Crippen MR) is 225 cm³/mol. The number of likely N-dealkylation sites (N-methyl/N-ethyl adjacent to an activating group) is 1. The number of carbonyl (C=O) groups is 4. The number of carbonyl (C=O) groups excluding carboxylic acids is 4. The van der Waals surface area contributed by atoms with Gasteiger partial charge < -0.3 is 35.1 Å². The van der Waals surface area contributed by atoms with Crippen molar-refractivity contribution in [2.45, 2.75) is 142 Å². The van der Waals surface area contributed by atoms with E-state index in [4.69, 9.17) is 26.4 Å². The van der Waals surface area contributed by atoms with Crippen molar-refractivity contribution in [1.29, 1.82) is 0 Å². The average Bonchev–Trinajstić information content (AvgIpc) is 3.64. The Bertz CT molecular complexity index is 1440. The van der Waals surface area contributed by atoms with Crippen molar-refractivity contribution in [2.24, 2.45) is 35.5 Å². The van der Waals surface area contributed by atoms with E-state index in [9.17, 15) is 19.2 Å². The van der Waals surface area contributed by atoms with Gasteiger partial charge in [-0.05, 0) is 85.6 Å². The molecule has 1 saturated heterocycles. The van der Waals surface area contributed by atoms with E-state index in [2.05, 4.69) is 36.7 Å². The maximum absolute atomic E-state index is 14.2. The van der Waals surface area contributed by atoms with Gasteiger partial charge in [0.1, 0.15) is 12.1 Å². The zero-order valence-electron chi connectivity index (χ0n) is 36.0. The van der Waals surface area contributed by atoms with Crippen LogP contribution in [-0.4, -0.2) is 104 Å². The Hall–Kier alpha value is -2.93. The van der Waals surface area contributed by atoms with E-state index in [1.807, 2.05) is 65.1 Å². The van der Waals surface area contributed by atoms with Crippen molar-refractivity contribution in [3.05, 3.63) is 35.9 Å². The van der Waals surface area contributed by atoms with Gasteiger partial charge in [0.15, 0.2) is 0 Å². The molecule has 0 aromatic heterocycles. The van der Waals surface area contributed by atoms with E-state index in [1.165, 1.54) is 7.11 Å². The third-order valence-electron chi connectivity index (χ3n) is 12.9. The quantitative estimate of drug-likeness (QED) is 0.103. The van der Waals surface area contributed by atoms with Gasteiger partial charge in [0.2, 0.25) is 17.7 Å². The molecular formula is C44H72N4O7S. The second-order valence-corrected chi connectivity index (χ2v) is 17.7. The summed E-state index contributed by atoms with van der Waals surface area (Å²) in [4.78, 5) is 56.7. The Balaban J connectivity index is 1.70. The Labute approximate surface area is 342 Å². The van der Waals surface area contributed by atoms with Crippen LogP contribution in [0.4, 0.5) is 0 Å². The fourth-order valence-electron chi connectivity index (χ4n) is 9.08. The standard InChI is InChI=1S/C44H72N4O7S/c1-12-28(4)38(48(8)41(50)37(27(2)3)47-43(52)44(7)22-17-23-45-44)36(53-9)26-33(56)25-32-20-16-21-34(29(32)5)39(54-10)30(6)40(49)46-35(42(51)55-11)24-31-18-14-13-15-19-31/h13-15,18-19,27-30,32,34-39,45H,12,16-17,20-26H2,1-11H3,(H,46,49)(H,47,52). The van der Waals surface area contributed by atoms with Gasteiger partial charge in [0.05, 0.1) is 36.8 Å². The number of ether oxygens (including phenoxy) is 3. The first-order valence-electron chi connectivity index (χ1n) is 20.8. The van der Waals surface area contributed by atoms with Crippen LogP contribution in [0.5, 0.6) is 0 Å². The molecule has 0 radical (unpaired) electrons. The van der Waals surface area contributed by atoms with Crippen molar-refractivity contribution in [1.82, 2.24) is 20.9 Å². The predicted octanol–water partition coefficient (Wildman–Crippen LogP) is 5.91. The third-order valence-corrected chi connectivity index (χ3v) is 13.3. The minimum atomic E-state index is -0.807. The number of nitrogens with one attached hydrogen (secondary N) is 3. The van der Waals surface area contributed by atoms with Crippen LogP contribution in [0, 0.1) is 35.5 Å². The largest absolute Gasteiger partial charge is 0.467 e. The van der Waals surface area contributed by atoms with E-state index in [0.29, 0.717) is 18.8 Å². The molecule has 316 valence electrons. The maximum atomic E-state index is 14.2. The third kappa shape index (κ3) is 12.3. The van der Waals surface area contributed by atoms with Gasteiger partial charge in [0, 0.05) is 34.1 Å². The Morgan fingerprint density at radius 1 is 1.00 bits per heavy atom. The van der Waals surface area contributed by atoms with Crippen LogP contribution in [0.1, 0.15) is 105 Å². The first kappa shape index (κ1) is 47.4. The minimum absolute atomic E-state index is 0.104. The summed E-state index contributed by atoms with van der Waals surface area (Å²) in [5.41, 5.74) is 0.251. The highest BCUT2D eigenvalue weighted by Gasteiger charge is 2.43. The van der Waals surface area contributed by atoms with Crippen LogP contribution in [0.15, 0.2) is 30.3 Å². The summed E-state index contributed by atoms with van der Waals surface area (Å²) in [6.07, 6.45) is 6.35. The Morgan fingerprint density at radius 2 is 1.68 bits per heavy atom. The van der Waals surface area contributed by atoms with E-state index in [1.54, 1.807) is 19.1 Å². The SMILES string of the molecule is CCC(C)C(C(CC(=S)CC1CCCC(C(OC)C(C)C(=O)NC(Cc2ccccc2)C(=O)OC)C1C)OC)N(C)C(=O)C(NC(=O)C1(C)CCCN1)C(C)C. The molecule has 1 heterocycles. The molecule has 0 spiro atoms. The molecule has 2 fully saturated rings. The van der Waals surface area contributed by atoms with Crippen LogP contribution < -0.4 is 16.0 Å². The summed E-state index contributed by atoms with van der Waals surface area (Å²) in [5, 5.41) is 9.36. The summed E-state index contributed by atoms with van der Waals surface area (Å²) < 4.78 is 17.3. The molecule has 1 aromatic carbocycles. The number of rotatable bonds is 21. The lowest BCUT2D eigenvalue weighted by Gasteiger charge is -2.42. The smallest absolute Gasteiger partial charge is 0.328 e. The molecule has 0 bridgehead atoms. The van der Waals surface area contributed by atoms with Crippen molar-refractivity contribution in [2.75, 3.05) is 34.9 Å². The summed E-state index contributed by atoms with van der Waals surface area (Å²) in [7, 11) is 6.51. The topological polar surface area (TPSA) is 135 Å². The van der Waals surface area contributed by atoms with Gasteiger partial charge >= 0.3 is 5.97 Å². The highest BCUT2D eigenvalue weighted by Crippen LogP contribution is 2.41. The molecule has 11 nitrogen and oxygen atoms in total. The number of benzene rings is 1. The van der Waals surface area contributed by atoms with Gasteiger partial charge in [-0.25, -0.2) is 4.79 Å². The normalized spacial score (nSPS) is 24.9. The van der Waals surface area contributed by atoms with Crippen molar-refractivity contribution >= 4 is 40.8 Å². The van der Waals surface area contributed by atoms with E-state index in [0.717, 1.165) is 61.9 Å². The minimum Gasteiger partial charge on any atom is -0.467 e. The summed E-state index contributed by atoms with van der Waals surface area (Å²) >= 11 is 6.12. The number of hydrogen-bond acceptors (Lipinski definition) is 9. The zero-order chi connectivity index (χ0) is 41.7. The zero-order valence-corrected chi connectivity index (χ0v) is 36.8. The number of amides is 3. The molecule has 3 N–H and O–H groups in total. The second kappa shape index (κ2) is 22.3. The first-order chi connectivity index (χ1) is 26.5. The maximum Gasteiger partial charge on any atom is 0.328 e. The number of methoxy groups -OCH3 is 3. The summed E-state index contributed by atoms with van der Waals surface area (Å²) in [6, 6.07) is 7.84. The van der Waals surface area contributed by atoms with Crippen molar-refractivity contribution in [3.63, 3.8) is 0 Å². The second-order valence-electron chi connectivity index (χ2n) is 17.1. The monoisotopic (exact) mass is 801 g/mol. The molecule has 11 unspecified atom stereocenters. The van der Waals surface area contributed by atoms with E-state index >= 15 is 0 Å². The Morgan fingerprint density at radius 3 is 2.23 bits per heavy atom. The van der Waals surface area contributed by atoms with Gasteiger partial charge in [-0.2, -0.15) is 0 Å². The van der Waals surface area contributed by atoms with Crippen LogP contribution in [0.25, 0.3) is 0 Å². The first-order valence-corrected chi connectivity index (χ1v) is 21.3. The van der Waals surface area contributed by atoms with Gasteiger partial charge in [-0.15, -0.1) is 0 Å². The summed E-state index contributed by atoms with van der Waals surface area (Å²) in [6.45, 7) is 15.0. The van der Waals surface area contributed by atoms with Crippen LogP contribution in [0.2, 0.25) is 0 Å². The molecule has 1 aliphatic carbocycles. The molecule has 1 aromatic rings. The number of hydrogen-bond donors (Lipinski definition) is 3. The highest BCUT2D eigenvalue weighted by molar-refractivity contribution is 7.80. The van der Waals surface area contributed by atoms with Crippen LogP contribution in [-0.2, 0) is 39.8 Å². The highest BCUT2D eigenvalue weighted by atomic mass is 32.1. The fraction of sp³-hybridized carbons (Fsp3) is 0.750. The van der Waals surface area contributed by atoms with Crippen LogP contribution >= 0.6 is 12.2 Å². The molecular weight excluding hydrogens is 729 g/mol. The molecule has 1 aliphatic heterocycles. The molecule has 11 atom stereocenters. The van der Waals surface area contributed by atoms with Gasteiger partial charge in [0.25, 0.3) is 0 Å². The number of nitrogens with zero attached hydrogens (tertiary/aromatic N) is 1. The van der Waals surface area contributed by atoms with Crippen molar-refractivity contribution < 1.29 is 33.4 Å². The van der Waals surface area contributed by atoms with Crippen molar-refractivity contribution in [3.8, 4) is 0 Å². The number of esters is 1.